The lowest BCUT2D eigenvalue weighted by Crippen LogP contribution is -2.23. The molecule has 0 unspecified atom stereocenters. The van der Waals surface area contributed by atoms with Gasteiger partial charge in [0, 0.05) is 18.8 Å². The van der Waals surface area contributed by atoms with Gasteiger partial charge >= 0.3 is 0 Å². The molecule has 0 radical (unpaired) electrons. The molecule has 98 valence electrons. The molecule has 0 aliphatic carbocycles. The fourth-order valence-electron chi connectivity index (χ4n) is 1.83. The molecule has 0 aromatic heterocycles. The Morgan fingerprint density at radius 1 is 0.944 bits per heavy atom. The highest BCUT2D eigenvalue weighted by Gasteiger charge is 2.07. The first-order chi connectivity index (χ1) is 8.60. The number of rotatable bonds is 5. The molecule has 3 nitrogen and oxygen atoms in total. The van der Waals surface area contributed by atoms with E-state index in [4.69, 9.17) is 10.2 Å². The molecule has 1 rings (SSSR count). The highest BCUT2D eigenvalue weighted by molar-refractivity contribution is 5.54. The largest absolute Gasteiger partial charge is 0.516 e. The van der Waals surface area contributed by atoms with Crippen molar-refractivity contribution in [1.82, 2.24) is 0 Å². The first-order valence-electron chi connectivity index (χ1n) is 6.01. The molecule has 0 heterocycles. The summed E-state index contributed by atoms with van der Waals surface area (Å²) in [5.41, 5.74) is 4.88. The molecule has 0 bridgehead atoms. The van der Waals surface area contributed by atoms with E-state index in [0.717, 1.165) is 18.2 Å². The van der Waals surface area contributed by atoms with Gasteiger partial charge < -0.3 is 15.1 Å². The van der Waals surface area contributed by atoms with Crippen LogP contribution < -0.4 is 4.90 Å². The SMILES string of the molecule is Cc1cc(N(CC=CO)CC=CO)cc(C)c1C. The van der Waals surface area contributed by atoms with Gasteiger partial charge in [0.15, 0.2) is 0 Å². The molecule has 0 amide bonds. The van der Waals surface area contributed by atoms with E-state index in [2.05, 4.69) is 37.8 Å². The van der Waals surface area contributed by atoms with E-state index < -0.39 is 0 Å². The van der Waals surface area contributed by atoms with E-state index in [1.807, 2.05) is 0 Å². The molecule has 0 spiro atoms. The smallest absolute Gasteiger partial charge is 0.0769 e. The summed E-state index contributed by atoms with van der Waals surface area (Å²) >= 11 is 0. The number of aliphatic hydroxyl groups excluding tert-OH is 2. The second kappa shape index (κ2) is 6.74. The zero-order valence-corrected chi connectivity index (χ0v) is 11.2. The number of hydrogen-bond donors (Lipinski definition) is 2. The Balaban J connectivity index is 3.03. The van der Waals surface area contributed by atoms with Gasteiger partial charge in [-0.3, -0.25) is 0 Å². The second-order valence-electron chi connectivity index (χ2n) is 4.38. The highest BCUT2D eigenvalue weighted by atomic mass is 16.2. The molecule has 2 N–H and O–H groups in total. The van der Waals surface area contributed by atoms with Crippen molar-refractivity contribution in [2.45, 2.75) is 20.8 Å². The molecule has 0 fully saturated rings. The summed E-state index contributed by atoms with van der Waals surface area (Å²) in [7, 11) is 0. The standard InChI is InChI=1S/C15H21NO2/c1-12-10-15(11-13(2)14(12)3)16(6-4-8-17)7-5-9-18/h4-5,8-11,17-18H,6-7H2,1-3H3. The first-order valence-corrected chi connectivity index (χ1v) is 6.01. The lowest BCUT2D eigenvalue weighted by molar-refractivity contribution is 0.470. The average molecular weight is 247 g/mol. The van der Waals surface area contributed by atoms with Gasteiger partial charge in [0.05, 0.1) is 12.5 Å². The van der Waals surface area contributed by atoms with Crippen molar-refractivity contribution in [3.05, 3.63) is 53.5 Å². The van der Waals surface area contributed by atoms with E-state index in [0.29, 0.717) is 13.1 Å². The van der Waals surface area contributed by atoms with Crippen LogP contribution in [-0.4, -0.2) is 23.3 Å². The van der Waals surface area contributed by atoms with Crippen LogP contribution in [0.4, 0.5) is 5.69 Å². The second-order valence-corrected chi connectivity index (χ2v) is 4.38. The lowest BCUT2D eigenvalue weighted by atomic mass is 10.0. The maximum Gasteiger partial charge on any atom is 0.0769 e. The van der Waals surface area contributed by atoms with Crippen LogP contribution in [0.25, 0.3) is 0 Å². The number of aliphatic hydroxyl groups is 2. The molecule has 18 heavy (non-hydrogen) atoms. The summed E-state index contributed by atoms with van der Waals surface area (Å²) in [5.74, 6) is 0. The van der Waals surface area contributed by atoms with Crippen LogP contribution in [0.1, 0.15) is 16.7 Å². The number of nitrogens with zero attached hydrogens (tertiary/aromatic N) is 1. The molecule has 0 aliphatic heterocycles. The molecular formula is C15H21NO2. The number of hydrogen-bond acceptors (Lipinski definition) is 3. The Hall–Kier alpha value is -1.90. The summed E-state index contributed by atoms with van der Waals surface area (Å²) in [6.07, 6.45) is 5.44. The van der Waals surface area contributed by atoms with Gasteiger partial charge in [0.25, 0.3) is 0 Å². The Morgan fingerprint density at radius 3 is 1.78 bits per heavy atom. The van der Waals surface area contributed by atoms with E-state index >= 15 is 0 Å². The van der Waals surface area contributed by atoms with E-state index in [1.165, 1.54) is 16.7 Å². The minimum atomic E-state index is 0.600. The minimum Gasteiger partial charge on any atom is -0.516 e. The van der Waals surface area contributed by atoms with E-state index in [1.54, 1.807) is 12.2 Å². The lowest BCUT2D eigenvalue weighted by Gasteiger charge is -2.23. The summed E-state index contributed by atoms with van der Waals surface area (Å²) in [6.45, 7) is 7.49. The van der Waals surface area contributed by atoms with E-state index in [-0.39, 0.29) is 0 Å². The van der Waals surface area contributed by atoms with Crippen LogP contribution in [0, 0.1) is 20.8 Å². The third-order valence-electron chi connectivity index (χ3n) is 3.14. The zero-order chi connectivity index (χ0) is 13.5. The highest BCUT2D eigenvalue weighted by Crippen LogP contribution is 2.22. The third-order valence-corrected chi connectivity index (χ3v) is 3.14. The summed E-state index contributed by atoms with van der Waals surface area (Å²) < 4.78 is 0. The summed E-state index contributed by atoms with van der Waals surface area (Å²) in [4.78, 5) is 2.07. The van der Waals surface area contributed by atoms with Gasteiger partial charge in [-0.1, -0.05) is 0 Å². The summed E-state index contributed by atoms with van der Waals surface area (Å²) in [6, 6.07) is 4.25. The van der Waals surface area contributed by atoms with Crippen molar-refractivity contribution < 1.29 is 10.2 Å². The predicted molar refractivity (Wildman–Crippen MR) is 76.4 cm³/mol. The Morgan fingerprint density at radius 2 is 1.39 bits per heavy atom. The summed E-state index contributed by atoms with van der Waals surface area (Å²) in [5, 5.41) is 17.5. The van der Waals surface area contributed by atoms with Gasteiger partial charge in [-0.15, -0.1) is 0 Å². The maximum absolute atomic E-state index is 8.77. The molecule has 0 atom stereocenters. The van der Waals surface area contributed by atoms with Crippen LogP contribution in [0.3, 0.4) is 0 Å². The molecule has 3 heteroatoms. The topological polar surface area (TPSA) is 43.7 Å². The molecular weight excluding hydrogens is 226 g/mol. The van der Waals surface area contributed by atoms with Gasteiger partial charge in [-0.05, 0) is 61.7 Å². The quantitative estimate of drug-likeness (QED) is 0.782. The average Bonchev–Trinajstić information content (AvgIpc) is 2.35. The van der Waals surface area contributed by atoms with Crippen molar-refractivity contribution in [1.29, 1.82) is 0 Å². The van der Waals surface area contributed by atoms with Crippen molar-refractivity contribution in [3.8, 4) is 0 Å². The maximum atomic E-state index is 8.77. The molecule has 1 aromatic rings. The number of anilines is 1. The van der Waals surface area contributed by atoms with Crippen LogP contribution in [0.15, 0.2) is 36.8 Å². The number of aryl methyl sites for hydroxylation is 2. The van der Waals surface area contributed by atoms with Crippen LogP contribution >= 0.6 is 0 Å². The third kappa shape index (κ3) is 3.55. The zero-order valence-electron chi connectivity index (χ0n) is 11.2. The Labute approximate surface area is 109 Å². The normalized spacial score (nSPS) is 11.5. The van der Waals surface area contributed by atoms with Gasteiger partial charge in [-0.2, -0.15) is 0 Å². The van der Waals surface area contributed by atoms with Crippen molar-refractivity contribution in [2.24, 2.45) is 0 Å². The fourth-order valence-corrected chi connectivity index (χ4v) is 1.83. The first kappa shape index (κ1) is 14.2. The van der Waals surface area contributed by atoms with Gasteiger partial charge in [0.2, 0.25) is 0 Å². The van der Waals surface area contributed by atoms with E-state index in [9.17, 15) is 0 Å². The van der Waals surface area contributed by atoms with Crippen molar-refractivity contribution in [2.75, 3.05) is 18.0 Å². The predicted octanol–water partition coefficient (Wildman–Crippen LogP) is 3.56. The molecule has 0 saturated heterocycles. The monoisotopic (exact) mass is 247 g/mol. The molecule has 0 aliphatic rings. The van der Waals surface area contributed by atoms with Gasteiger partial charge in [0.1, 0.15) is 0 Å². The molecule has 1 aromatic carbocycles. The number of benzene rings is 1. The fraction of sp³-hybridized carbons (Fsp3) is 0.333. The minimum absolute atomic E-state index is 0.600. The van der Waals surface area contributed by atoms with Crippen molar-refractivity contribution >= 4 is 5.69 Å². The van der Waals surface area contributed by atoms with Gasteiger partial charge in [-0.25, -0.2) is 0 Å². The molecule has 0 saturated carbocycles. The van der Waals surface area contributed by atoms with Crippen LogP contribution in [-0.2, 0) is 0 Å². The Bertz CT molecular complexity index is 413. The van der Waals surface area contributed by atoms with Crippen LogP contribution in [0.5, 0.6) is 0 Å². The Kier molecular flexibility index (Phi) is 5.31. The van der Waals surface area contributed by atoms with Crippen LogP contribution in [0.2, 0.25) is 0 Å². The van der Waals surface area contributed by atoms with Crippen molar-refractivity contribution in [3.63, 3.8) is 0 Å².